The number of nitro groups is 2. The van der Waals surface area contributed by atoms with Crippen LogP contribution in [-0.4, -0.2) is 59.9 Å². The van der Waals surface area contributed by atoms with Gasteiger partial charge in [0.1, 0.15) is 10.7 Å². The highest BCUT2D eigenvalue weighted by Crippen LogP contribution is 2.34. The minimum Gasteiger partial charge on any atom is -0.368 e. The number of carbonyl (C=O) groups excluding carboxylic acids is 1. The molecule has 0 bridgehead atoms. The van der Waals surface area contributed by atoms with E-state index in [0.717, 1.165) is 38.0 Å². The summed E-state index contributed by atoms with van der Waals surface area (Å²) in [5, 5.41) is 22.7. The average Bonchev–Trinajstić information content (AvgIpc) is 2.84. The van der Waals surface area contributed by atoms with Gasteiger partial charge in [0.2, 0.25) is 0 Å². The molecule has 2 aromatic rings. The highest BCUT2D eigenvalue weighted by atomic mass is 35.5. The zero-order valence-electron chi connectivity index (χ0n) is 18.0. The van der Waals surface area contributed by atoms with Gasteiger partial charge in [-0.15, -0.1) is 0 Å². The molecule has 2 aliphatic rings. The van der Waals surface area contributed by atoms with Crippen molar-refractivity contribution in [3.05, 3.63) is 67.2 Å². The predicted molar refractivity (Wildman–Crippen MR) is 125 cm³/mol. The van der Waals surface area contributed by atoms with Crippen LogP contribution >= 0.6 is 11.6 Å². The Morgan fingerprint density at radius 2 is 1.45 bits per heavy atom. The zero-order chi connectivity index (χ0) is 23.5. The van der Waals surface area contributed by atoms with Gasteiger partial charge in [-0.2, -0.15) is 0 Å². The Labute approximate surface area is 195 Å². The molecule has 2 heterocycles. The molecule has 33 heavy (non-hydrogen) atoms. The molecule has 0 spiro atoms. The Morgan fingerprint density at radius 3 is 2.09 bits per heavy atom. The number of halogens is 1. The summed E-state index contributed by atoms with van der Waals surface area (Å²) in [5.41, 5.74) is 1.57. The maximum atomic E-state index is 12.9. The third-order valence-corrected chi connectivity index (χ3v) is 6.49. The van der Waals surface area contributed by atoms with Gasteiger partial charge in [0, 0.05) is 62.7 Å². The molecule has 4 rings (SSSR count). The Bertz CT molecular complexity index is 1080. The summed E-state index contributed by atoms with van der Waals surface area (Å²) < 4.78 is 0. The molecule has 1 amide bonds. The van der Waals surface area contributed by atoms with Gasteiger partial charge in [0.25, 0.3) is 17.3 Å². The maximum absolute atomic E-state index is 12.9. The van der Waals surface area contributed by atoms with Crippen LogP contribution in [0.1, 0.15) is 29.6 Å². The summed E-state index contributed by atoms with van der Waals surface area (Å²) in [6.45, 7) is 3.59. The minimum atomic E-state index is -0.606. The highest BCUT2D eigenvalue weighted by Gasteiger charge is 2.27. The molecule has 2 aromatic carbocycles. The Balaban J connectivity index is 1.47. The third-order valence-electron chi connectivity index (χ3n) is 6.17. The average molecular weight is 474 g/mol. The van der Waals surface area contributed by atoms with Crippen molar-refractivity contribution in [1.29, 1.82) is 0 Å². The molecular formula is C22H24ClN5O5. The Hall–Kier alpha value is -3.40. The van der Waals surface area contributed by atoms with Gasteiger partial charge in [0.05, 0.1) is 9.85 Å². The van der Waals surface area contributed by atoms with Gasteiger partial charge < -0.3 is 14.7 Å². The van der Waals surface area contributed by atoms with Crippen molar-refractivity contribution in [2.24, 2.45) is 0 Å². The lowest BCUT2D eigenvalue weighted by Gasteiger charge is -2.37. The number of amides is 1. The fourth-order valence-electron chi connectivity index (χ4n) is 4.39. The lowest BCUT2D eigenvalue weighted by atomic mass is 10.1. The fourth-order valence-corrected chi connectivity index (χ4v) is 4.57. The number of hydrogen-bond acceptors (Lipinski definition) is 7. The molecule has 0 saturated carbocycles. The van der Waals surface area contributed by atoms with Crippen LogP contribution in [0.15, 0.2) is 36.4 Å². The van der Waals surface area contributed by atoms with Crippen molar-refractivity contribution >= 4 is 40.3 Å². The number of hydrogen-bond donors (Lipinski definition) is 0. The predicted octanol–water partition coefficient (Wildman–Crippen LogP) is 4.11. The second-order valence-electron chi connectivity index (χ2n) is 8.18. The van der Waals surface area contributed by atoms with Crippen molar-refractivity contribution in [2.75, 3.05) is 49.1 Å². The first-order valence-electron chi connectivity index (χ1n) is 10.9. The highest BCUT2D eigenvalue weighted by molar-refractivity contribution is 6.32. The van der Waals surface area contributed by atoms with E-state index in [2.05, 4.69) is 9.80 Å². The molecule has 0 aliphatic carbocycles. The summed E-state index contributed by atoms with van der Waals surface area (Å²) in [7, 11) is 0. The summed E-state index contributed by atoms with van der Waals surface area (Å²) in [5.74, 6) is -0.285. The van der Waals surface area contributed by atoms with E-state index in [1.165, 1.54) is 18.2 Å². The molecule has 2 aliphatic heterocycles. The van der Waals surface area contributed by atoms with Crippen LogP contribution in [0.5, 0.6) is 0 Å². The van der Waals surface area contributed by atoms with E-state index in [1.54, 1.807) is 17.0 Å². The molecule has 2 saturated heterocycles. The third kappa shape index (κ3) is 4.85. The number of nitrogens with zero attached hydrogens (tertiary/aromatic N) is 5. The van der Waals surface area contributed by atoms with Gasteiger partial charge in [-0.3, -0.25) is 25.0 Å². The van der Waals surface area contributed by atoms with Gasteiger partial charge in [-0.1, -0.05) is 11.6 Å². The van der Waals surface area contributed by atoms with Gasteiger partial charge >= 0.3 is 0 Å². The topological polar surface area (TPSA) is 113 Å². The van der Waals surface area contributed by atoms with Crippen molar-refractivity contribution < 1.29 is 14.6 Å². The molecule has 174 valence electrons. The van der Waals surface area contributed by atoms with E-state index < -0.39 is 4.92 Å². The first kappa shape index (κ1) is 22.8. The summed E-state index contributed by atoms with van der Waals surface area (Å²) in [6.07, 6.45) is 3.17. The van der Waals surface area contributed by atoms with Crippen LogP contribution < -0.4 is 9.80 Å². The number of rotatable bonds is 5. The SMILES string of the molecule is O=C(c1ccc(Cl)c([N+](=O)[O-])c1)N1CCN(c2ccc([N+](=O)[O-])c(N3CCCCC3)c2)CC1. The second kappa shape index (κ2) is 9.62. The minimum absolute atomic E-state index is 0.0101. The van der Waals surface area contributed by atoms with Gasteiger partial charge in [0.15, 0.2) is 0 Å². The number of piperidine rings is 1. The molecule has 0 unspecified atom stereocenters. The van der Waals surface area contributed by atoms with E-state index in [0.29, 0.717) is 31.9 Å². The molecule has 0 atom stereocenters. The van der Waals surface area contributed by atoms with E-state index in [1.807, 2.05) is 6.07 Å². The normalized spacial score (nSPS) is 16.6. The molecule has 10 nitrogen and oxygen atoms in total. The smallest absolute Gasteiger partial charge is 0.292 e. The molecular weight excluding hydrogens is 450 g/mol. The second-order valence-corrected chi connectivity index (χ2v) is 8.59. The largest absolute Gasteiger partial charge is 0.368 e. The molecule has 0 radical (unpaired) electrons. The van der Waals surface area contributed by atoms with Crippen LogP contribution in [0.2, 0.25) is 5.02 Å². The quantitative estimate of drug-likeness (QED) is 0.474. The van der Waals surface area contributed by atoms with Gasteiger partial charge in [-0.05, 0) is 43.5 Å². The Kier molecular flexibility index (Phi) is 6.64. The van der Waals surface area contributed by atoms with E-state index in [9.17, 15) is 25.0 Å². The summed E-state index contributed by atoms with van der Waals surface area (Å²) >= 11 is 5.85. The van der Waals surface area contributed by atoms with Crippen molar-refractivity contribution in [1.82, 2.24) is 4.90 Å². The van der Waals surface area contributed by atoms with Crippen LogP contribution in [0, 0.1) is 20.2 Å². The molecule has 0 N–H and O–H groups in total. The Morgan fingerprint density at radius 1 is 0.788 bits per heavy atom. The molecule has 2 fully saturated rings. The lowest BCUT2D eigenvalue weighted by molar-refractivity contribution is -0.384. The number of carbonyl (C=O) groups is 1. The van der Waals surface area contributed by atoms with Crippen molar-refractivity contribution in [3.63, 3.8) is 0 Å². The van der Waals surface area contributed by atoms with Crippen molar-refractivity contribution in [3.8, 4) is 0 Å². The standard InChI is InChI=1S/C22H24ClN5O5/c23-18-6-4-16(14-20(18)28(32)33)22(29)26-12-10-24(11-13-26)17-5-7-19(27(30)31)21(15-17)25-8-2-1-3-9-25/h4-7,14-15H,1-3,8-13H2. The molecule has 0 aromatic heterocycles. The number of piperazine rings is 1. The summed E-state index contributed by atoms with van der Waals surface area (Å²) in [4.78, 5) is 40.5. The zero-order valence-corrected chi connectivity index (χ0v) is 18.7. The van der Waals surface area contributed by atoms with Gasteiger partial charge in [-0.25, -0.2) is 0 Å². The van der Waals surface area contributed by atoms with Crippen LogP contribution in [0.25, 0.3) is 0 Å². The number of anilines is 2. The first-order valence-corrected chi connectivity index (χ1v) is 11.2. The first-order chi connectivity index (χ1) is 15.8. The number of benzene rings is 2. The maximum Gasteiger partial charge on any atom is 0.292 e. The van der Waals surface area contributed by atoms with E-state index in [-0.39, 0.29) is 32.8 Å². The monoisotopic (exact) mass is 473 g/mol. The van der Waals surface area contributed by atoms with Crippen molar-refractivity contribution in [2.45, 2.75) is 19.3 Å². The van der Waals surface area contributed by atoms with E-state index in [4.69, 9.17) is 11.6 Å². The fraction of sp³-hybridized carbons (Fsp3) is 0.409. The lowest BCUT2D eigenvalue weighted by Crippen LogP contribution is -2.48. The van der Waals surface area contributed by atoms with Crippen LogP contribution in [0.4, 0.5) is 22.7 Å². The number of nitro benzene ring substituents is 2. The van der Waals surface area contributed by atoms with E-state index >= 15 is 0 Å². The van der Waals surface area contributed by atoms with Crippen LogP contribution in [-0.2, 0) is 0 Å². The molecule has 11 heteroatoms. The van der Waals surface area contributed by atoms with Crippen LogP contribution in [0.3, 0.4) is 0 Å². The summed E-state index contributed by atoms with van der Waals surface area (Å²) in [6, 6.07) is 9.25.